The molecule has 0 heterocycles. The standard InChI is InChI=1S/C16H25NO2S/c1-6-19-15(18)16(5,17-12(2)3)11-20-14-9-7-13(4)8-10-14/h7-10,12,17H,6,11H2,1-5H3. The van der Waals surface area contributed by atoms with Crippen molar-refractivity contribution in [3.05, 3.63) is 29.8 Å². The van der Waals surface area contributed by atoms with Crippen LogP contribution in [0.15, 0.2) is 29.2 Å². The molecule has 1 unspecified atom stereocenters. The van der Waals surface area contributed by atoms with E-state index in [1.807, 2.05) is 27.7 Å². The summed E-state index contributed by atoms with van der Waals surface area (Å²) in [5, 5.41) is 3.33. The summed E-state index contributed by atoms with van der Waals surface area (Å²) >= 11 is 1.67. The number of nitrogens with one attached hydrogen (secondary N) is 1. The minimum atomic E-state index is -0.667. The van der Waals surface area contributed by atoms with Crippen molar-refractivity contribution in [3.63, 3.8) is 0 Å². The Morgan fingerprint density at radius 1 is 1.35 bits per heavy atom. The Morgan fingerprint density at radius 3 is 2.45 bits per heavy atom. The summed E-state index contributed by atoms with van der Waals surface area (Å²) in [7, 11) is 0. The molecular formula is C16H25NO2S. The number of ether oxygens (including phenoxy) is 1. The summed E-state index contributed by atoms with van der Waals surface area (Å²) in [6, 6.07) is 8.56. The van der Waals surface area contributed by atoms with Gasteiger partial charge in [0.15, 0.2) is 0 Å². The van der Waals surface area contributed by atoms with Crippen LogP contribution in [-0.2, 0) is 9.53 Å². The second-order valence-corrected chi connectivity index (χ2v) is 6.50. The van der Waals surface area contributed by atoms with Crippen molar-refractivity contribution in [3.8, 4) is 0 Å². The minimum Gasteiger partial charge on any atom is -0.465 e. The number of hydrogen-bond donors (Lipinski definition) is 1. The molecule has 0 fully saturated rings. The molecule has 0 bridgehead atoms. The molecule has 0 amide bonds. The Kier molecular flexibility index (Phi) is 6.56. The van der Waals surface area contributed by atoms with E-state index in [0.29, 0.717) is 12.4 Å². The monoisotopic (exact) mass is 295 g/mol. The van der Waals surface area contributed by atoms with E-state index in [4.69, 9.17) is 4.74 Å². The molecule has 1 aromatic rings. The van der Waals surface area contributed by atoms with Gasteiger partial charge in [0.1, 0.15) is 5.54 Å². The number of thioether (sulfide) groups is 1. The van der Waals surface area contributed by atoms with E-state index in [2.05, 4.69) is 36.5 Å². The van der Waals surface area contributed by atoms with Gasteiger partial charge in [0.25, 0.3) is 0 Å². The number of carbonyl (C=O) groups is 1. The van der Waals surface area contributed by atoms with Crippen molar-refractivity contribution < 1.29 is 9.53 Å². The number of rotatable bonds is 7. The molecular weight excluding hydrogens is 270 g/mol. The first-order valence-electron chi connectivity index (χ1n) is 7.02. The van der Waals surface area contributed by atoms with Gasteiger partial charge in [-0.3, -0.25) is 10.1 Å². The lowest BCUT2D eigenvalue weighted by Crippen LogP contribution is -2.55. The molecule has 0 aliphatic rings. The molecule has 20 heavy (non-hydrogen) atoms. The van der Waals surface area contributed by atoms with Crippen molar-refractivity contribution in [2.24, 2.45) is 0 Å². The molecule has 0 aliphatic heterocycles. The van der Waals surface area contributed by atoms with Crippen molar-refractivity contribution >= 4 is 17.7 Å². The Labute approximate surface area is 126 Å². The van der Waals surface area contributed by atoms with Crippen LogP contribution in [0.4, 0.5) is 0 Å². The number of hydrogen-bond acceptors (Lipinski definition) is 4. The van der Waals surface area contributed by atoms with Crippen LogP contribution < -0.4 is 5.32 Å². The zero-order chi connectivity index (χ0) is 15.2. The summed E-state index contributed by atoms with van der Waals surface area (Å²) in [6.45, 7) is 10.3. The van der Waals surface area contributed by atoms with Gasteiger partial charge in [0.2, 0.25) is 0 Å². The number of aryl methyl sites for hydroxylation is 1. The molecule has 1 atom stereocenters. The summed E-state index contributed by atoms with van der Waals surface area (Å²) in [6.07, 6.45) is 0. The lowest BCUT2D eigenvalue weighted by atomic mass is 10.0. The quantitative estimate of drug-likeness (QED) is 0.618. The van der Waals surface area contributed by atoms with Crippen LogP contribution >= 0.6 is 11.8 Å². The molecule has 0 aliphatic carbocycles. The van der Waals surface area contributed by atoms with Crippen LogP contribution in [0, 0.1) is 6.92 Å². The van der Waals surface area contributed by atoms with Gasteiger partial charge >= 0.3 is 5.97 Å². The highest BCUT2D eigenvalue weighted by molar-refractivity contribution is 7.99. The second-order valence-electron chi connectivity index (χ2n) is 5.45. The summed E-state index contributed by atoms with van der Waals surface area (Å²) in [4.78, 5) is 13.3. The lowest BCUT2D eigenvalue weighted by Gasteiger charge is -2.30. The topological polar surface area (TPSA) is 38.3 Å². The van der Waals surface area contributed by atoms with E-state index in [-0.39, 0.29) is 12.0 Å². The highest BCUT2D eigenvalue weighted by Gasteiger charge is 2.35. The van der Waals surface area contributed by atoms with Crippen molar-refractivity contribution in [1.82, 2.24) is 5.32 Å². The highest BCUT2D eigenvalue weighted by atomic mass is 32.2. The van der Waals surface area contributed by atoms with E-state index < -0.39 is 5.54 Å². The molecule has 112 valence electrons. The summed E-state index contributed by atoms with van der Waals surface area (Å²) in [5.74, 6) is 0.459. The van der Waals surface area contributed by atoms with Gasteiger partial charge in [0.05, 0.1) is 6.61 Å². The molecule has 0 spiro atoms. The largest absolute Gasteiger partial charge is 0.465 e. The maximum atomic E-state index is 12.2. The van der Waals surface area contributed by atoms with Crippen LogP contribution in [0.1, 0.15) is 33.3 Å². The van der Waals surface area contributed by atoms with Gasteiger partial charge in [-0.2, -0.15) is 0 Å². The zero-order valence-electron chi connectivity index (χ0n) is 13.0. The van der Waals surface area contributed by atoms with E-state index in [0.717, 1.165) is 4.90 Å². The Hall–Kier alpha value is -1.00. The number of carbonyl (C=O) groups excluding carboxylic acids is 1. The van der Waals surface area contributed by atoms with E-state index in [9.17, 15) is 4.79 Å². The number of esters is 1. The van der Waals surface area contributed by atoms with Gasteiger partial charge < -0.3 is 4.74 Å². The summed E-state index contributed by atoms with van der Waals surface area (Å²) < 4.78 is 5.20. The van der Waals surface area contributed by atoms with Crippen molar-refractivity contribution in [2.75, 3.05) is 12.4 Å². The van der Waals surface area contributed by atoms with Gasteiger partial charge in [0, 0.05) is 16.7 Å². The average molecular weight is 295 g/mol. The van der Waals surface area contributed by atoms with Gasteiger partial charge in [-0.1, -0.05) is 17.7 Å². The zero-order valence-corrected chi connectivity index (χ0v) is 13.8. The van der Waals surface area contributed by atoms with Crippen LogP contribution in [0.5, 0.6) is 0 Å². The van der Waals surface area contributed by atoms with Crippen LogP contribution in [-0.4, -0.2) is 29.9 Å². The average Bonchev–Trinajstić information content (AvgIpc) is 2.37. The molecule has 0 saturated carbocycles. The maximum absolute atomic E-state index is 12.2. The SMILES string of the molecule is CCOC(=O)C(C)(CSc1ccc(C)cc1)NC(C)C. The Balaban J connectivity index is 2.73. The Morgan fingerprint density at radius 2 is 1.95 bits per heavy atom. The van der Waals surface area contributed by atoms with Gasteiger partial charge in [-0.25, -0.2) is 0 Å². The van der Waals surface area contributed by atoms with E-state index >= 15 is 0 Å². The number of benzene rings is 1. The molecule has 1 rings (SSSR count). The first kappa shape index (κ1) is 17.1. The third kappa shape index (κ3) is 5.17. The molecule has 4 heteroatoms. The fourth-order valence-corrected chi connectivity index (χ4v) is 2.93. The third-order valence-corrected chi connectivity index (χ3v) is 4.21. The van der Waals surface area contributed by atoms with E-state index in [1.165, 1.54) is 5.56 Å². The molecule has 0 radical (unpaired) electrons. The fourth-order valence-electron chi connectivity index (χ4n) is 1.95. The minimum absolute atomic E-state index is 0.187. The molecule has 1 N–H and O–H groups in total. The van der Waals surface area contributed by atoms with E-state index in [1.54, 1.807) is 11.8 Å². The van der Waals surface area contributed by atoms with Crippen LogP contribution in [0.3, 0.4) is 0 Å². The summed E-state index contributed by atoms with van der Waals surface area (Å²) in [5.41, 5.74) is 0.572. The van der Waals surface area contributed by atoms with Crippen molar-refractivity contribution in [1.29, 1.82) is 0 Å². The van der Waals surface area contributed by atoms with Gasteiger partial charge in [-0.15, -0.1) is 11.8 Å². The Bertz CT molecular complexity index is 431. The lowest BCUT2D eigenvalue weighted by molar-refractivity contribution is -0.149. The highest BCUT2D eigenvalue weighted by Crippen LogP contribution is 2.24. The molecule has 0 saturated heterocycles. The second kappa shape index (κ2) is 7.70. The normalized spacial score (nSPS) is 14.1. The molecule has 1 aromatic carbocycles. The molecule has 0 aromatic heterocycles. The predicted octanol–water partition coefficient (Wildman–Crippen LogP) is 3.41. The first-order chi connectivity index (χ1) is 9.37. The fraction of sp³-hybridized carbons (Fsp3) is 0.562. The third-order valence-electron chi connectivity index (χ3n) is 2.88. The van der Waals surface area contributed by atoms with Crippen LogP contribution in [0.25, 0.3) is 0 Å². The predicted molar refractivity (Wildman–Crippen MR) is 85.2 cm³/mol. The molecule has 3 nitrogen and oxygen atoms in total. The maximum Gasteiger partial charge on any atom is 0.326 e. The van der Waals surface area contributed by atoms with Gasteiger partial charge in [-0.05, 0) is 46.8 Å². The van der Waals surface area contributed by atoms with Crippen molar-refractivity contribution in [2.45, 2.75) is 51.1 Å². The smallest absolute Gasteiger partial charge is 0.326 e. The van der Waals surface area contributed by atoms with Crippen LogP contribution in [0.2, 0.25) is 0 Å². The first-order valence-corrected chi connectivity index (χ1v) is 8.00.